The highest BCUT2D eigenvalue weighted by Crippen LogP contribution is 2.43. The van der Waals surface area contributed by atoms with E-state index in [9.17, 15) is 19.5 Å². The van der Waals surface area contributed by atoms with Gasteiger partial charge < -0.3 is 40.5 Å². The maximum Gasteiger partial charge on any atom is 0.404 e. The Morgan fingerprint density at radius 1 is 1.08 bits per heavy atom. The van der Waals surface area contributed by atoms with Gasteiger partial charge >= 0.3 is 6.09 Å². The highest BCUT2D eigenvalue weighted by atomic mass is 16.5. The lowest BCUT2D eigenvalue weighted by Gasteiger charge is -2.30. The molecule has 1 saturated heterocycles. The Labute approximate surface area is 283 Å². The van der Waals surface area contributed by atoms with Crippen molar-refractivity contribution in [3.05, 3.63) is 82.7 Å². The topological polar surface area (TPSA) is 184 Å². The molecule has 2 aromatic heterocycles. The highest BCUT2D eigenvalue weighted by molar-refractivity contribution is 5.96. The van der Waals surface area contributed by atoms with Crippen LogP contribution in [0.2, 0.25) is 0 Å². The second kappa shape index (κ2) is 13.9. The Morgan fingerprint density at radius 3 is 2.55 bits per heavy atom. The summed E-state index contributed by atoms with van der Waals surface area (Å²) in [6.45, 7) is 5.91. The first-order valence-electron chi connectivity index (χ1n) is 16.2. The molecule has 5 N–H and O–H groups in total. The van der Waals surface area contributed by atoms with Crippen LogP contribution in [0.15, 0.2) is 59.3 Å². The number of aromatic nitrogens is 3. The molecular formula is C35H40N8O6. The van der Waals surface area contributed by atoms with Gasteiger partial charge in [-0.05, 0) is 68.6 Å². The number of anilines is 2. The molecule has 3 amide bonds. The maximum atomic E-state index is 13.6. The average Bonchev–Trinajstić information content (AvgIpc) is 3.51. The number of carboxylic acid groups (broad SMARTS) is 1. The molecule has 1 aliphatic heterocycles. The third kappa shape index (κ3) is 7.33. The number of carbonyl (C=O) groups is 3. The van der Waals surface area contributed by atoms with E-state index in [1.165, 1.54) is 7.11 Å². The summed E-state index contributed by atoms with van der Waals surface area (Å²) < 4.78 is 11.3. The number of ether oxygens (including phenoxy) is 1. The van der Waals surface area contributed by atoms with E-state index in [0.29, 0.717) is 40.4 Å². The zero-order valence-corrected chi connectivity index (χ0v) is 27.9. The second-order valence-electron chi connectivity index (χ2n) is 13.1. The number of piperidine rings is 1. The van der Waals surface area contributed by atoms with Crippen molar-refractivity contribution in [3.63, 3.8) is 0 Å². The summed E-state index contributed by atoms with van der Waals surface area (Å²) >= 11 is 0. The smallest absolute Gasteiger partial charge is 0.404 e. The first-order chi connectivity index (χ1) is 23.5. The van der Waals surface area contributed by atoms with Crippen LogP contribution in [-0.2, 0) is 11.8 Å². The monoisotopic (exact) mass is 668 g/mol. The third-order valence-corrected chi connectivity index (χ3v) is 9.08. The predicted molar refractivity (Wildman–Crippen MR) is 181 cm³/mol. The first kappa shape index (κ1) is 33.4. The zero-order valence-electron chi connectivity index (χ0n) is 27.9. The second-order valence-corrected chi connectivity index (χ2v) is 13.1. The van der Waals surface area contributed by atoms with Crippen molar-refractivity contribution in [2.75, 3.05) is 39.1 Å². The Hall–Kier alpha value is -5.50. The van der Waals surface area contributed by atoms with Gasteiger partial charge in [-0.2, -0.15) is 0 Å². The standard InChI is InChI=1S/C35H40N8O6/c1-35(2)17-23-28(42-49-30(23)32(45)39-26(19-37-34(46)47)20-8-6-5-7-9-20)29-24(35)18-36-33(41-29)40-25-11-10-21(16-27(25)48-4)31(44)38-22-12-14-43(3)15-13-22/h5-11,16,18,22,26,37H,12-15,17,19H2,1-4H3,(H,38,44)(H,39,45)(H,46,47)(H,36,40,41)/t26-/m0/s1. The molecule has 1 fully saturated rings. The van der Waals surface area contributed by atoms with Crippen LogP contribution in [0.5, 0.6) is 5.75 Å². The van der Waals surface area contributed by atoms with Gasteiger partial charge in [-0.15, -0.1) is 0 Å². The number of likely N-dealkylation sites (tertiary alicyclic amines) is 1. The predicted octanol–water partition coefficient (Wildman–Crippen LogP) is 4.28. The number of nitrogens with zero attached hydrogens (tertiary/aromatic N) is 4. The van der Waals surface area contributed by atoms with Gasteiger partial charge in [0.15, 0.2) is 0 Å². The van der Waals surface area contributed by atoms with Crippen LogP contribution in [-0.4, -0.2) is 82.9 Å². The molecule has 0 spiro atoms. The minimum Gasteiger partial charge on any atom is -0.495 e. The summed E-state index contributed by atoms with van der Waals surface area (Å²) in [5.41, 5.74) is 3.70. The summed E-state index contributed by atoms with van der Waals surface area (Å²) in [6, 6.07) is 13.7. The van der Waals surface area contributed by atoms with E-state index in [4.69, 9.17) is 14.2 Å². The van der Waals surface area contributed by atoms with Gasteiger partial charge in [0.05, 0.1) is 18.8 Å². The molecule has 2 aliphatic rings. The lowest BCUT2D eigenvalue weighted by Crippen LogP contribution is -2.43. The van der Waals surface area contributed by atoms with Crippen LogP contribution in [0.1, 0.15) is 70.3 Å². The molecule has 14 nitrogen and oxygen atoms in total. The van der Waals surface area contributed by atoms with Crippen LogP contribution in [0.3, 0.4) is 0 Å². The molecule has 0 bridgehead atoms. The molecule has 256 valence electrons. The fourth-order valence-electron chi connectivity index (χ4n) is 6.32. The lowest BCUT2D eigenvalue weighted by atomic mass is 9.74. The number of fused-ring (bicyclic) bond motifs is 3. The van der Waals surface area contributed by atoms with Gasteiger partial charge in [-0.25, -0.2) is 14.8 Å². The minimum atomic E-state index is -1.20. The van der Waals surface area contributed by atoms with Crippen molar-refractivity contribution >= 4 is 29.5 Å². The molecule has 1 atom stereocenters. The number of rotatable bonds is 10. The SMILES string of the molecule is COc1cc(C(=O)NC2CCN(C)CC2)ccc1Nc1ncc2c(n1)-c1noc(C(=O)N[C@@H](CNC(=O)O)c3ccccc3)c1CC2(C)C. The highest BCUT2D eigenvalue weighted by Gasteiger charge is 2.39. The summed E-state index contributed by atoms with van der Waals surface area (Å²) in [4.78, 5) is 49.5. The Kier molecular flexibility index (Phi) is 9.49. The average molecular weight is 669 g/mol. The Bertz CT molecular complexity index is 1850. The van der Waals surface area contributed by atoms with Crippen molar-refractivity contribution < 1.29 is 28.8 Å². The number of nitrogens with one attached hydrogen (secondary N) is 4. The van der Waals surface area contributed by atoms with Gasteiger partial charge in [-0.1, -0.05) is 49.3 Å². The van der Waals surface area contributed by atoms with Crippen molar-refractivity contribution in [1.29, 1.82) is 0 Å². The number of benzene rings is 2. The summed E-state index contributed by atoms with van der Waals surface area (Å²) in [5.74, 6) is 0.0737. The van der Waals surface area contributed by atoms with Gasteiger partial charge in [0, 0.05) is 35.5 Å². The number of hydrogen-bond acceptors (Lipinski definition) is 10. The molecule has 6 rings (SSSR count). The number of carbonyl (C=O) groups excluding carboxylic acids is 2. The van der Waals surface area contributed by atoms with E-state index in [0.717, 1.165) is 37.1 Å². The number of amides is 3. The molecule has 1 aliphatic carbocycles. The molecule has 49 heavy (non-hydrogen) atoms. The fraction of sp³-hybridized carbons (Fsp3) is 0.371. The summed E-state index contributed by atoms with van der Waals surface area (Å²) in [7, 11) is 3.61. The van der Waals surface area contributed by atoms with E-state index in [1.807, 2.05) is 44.2 Å². The van der Waals surface area contributed by atoms with E-state index in [2.05, 4.69) is 43.4 Å². The quantitative estimate of drug-likeness (QED) is 0.163. The fourth-order valence-corrected chi connectivity index (χ4v) is 6.32. The van der Waals surface area contributed by atoms with Crippen LogP contribution >= 0.6 is 0 Å². The van der Waals surface area contributed by atoms with Crippen molar-refractivity contribution in [1.82, 2.24) is 36.0 Å². The van der Waals surface area contributed by atoms with Crippen molar-refractivity contribution in [3.8, 4) is 17.1 Å². The molecule has 14 heteroatoms. The van der Waals surface area contributed by atoms with Gasteiger partial charge in [0.1, 0.15) is 17.1 Å². The van der Waals surface area contributed by atoms with E-state index in [1.54, 1.807) is 24.4 Å². The van der Waals surface area contributed by atoms with Gasteiger partial charge in [-0.3, -0.25) is 9.59 Å². The molecule has 3 heterocycles. The minimum absolute atomic E-state index is 0.0360. The molecule has 2 aromatic carbocycles. The van der Waals surface area contributed by atoms with Crippen LogP contribution < -0.4 is 26.0 Å². The zero-order chi connectivity index (χ0) is 34.7. The van der Waals surface area contributed by atoms with Crippen LogP contribution in [0.4, 0.5) is 16.4 Å². The largest absolute Gasteiger partial charge is 0.495 e. The molecular weight excluding hydrogens is 628 g/mol. The number of methoxy groups -OCH3 is 1. The Morgan fingerprint density at radius 2 is 1.84 bits per heavy atom. The van der Waals surface area contributed by atoms with Crippen LogP contribution in [0.25, 0.3) is 11.4 Å². The van der Waals surface area contributed by atoms with Gasteiger partial charge in [0.2, 0.25) is 11.7 Å². The lowest BCUT2D eigenvalue weighted by molar-refractivity contribution is 0.0893. The van der Waals surface area contributed by atoms with Gasteiger partial charge in [0.25, 0.3) is 11.8 Å². The molecule has 0 saturated carbocycles. The molecule has 4 aromatic rings. The summed E-state index contributed by atoms with van der Waals surface area (Å²) in [6.07, 6.45) is 2.79. The number of hydrogen-bond donors (Lipinski definition) is 5. The Balaban J connectivity index is 1.23. The van der Waals surface area contributed by atoms with Crippen molar-refractivity contribution in [2.24, 2.45) is 0 Å². The molecule has 0 radical (unpaired) electrons. The third-order valence-electron chi connectivity index (χ3n) is 9.08. The summed E-state index contributed by atoms with van der Waals surface area (Å²) in [5, 5.41) is 25.0. The maximum absolute atomic E-state index is 13.6. The van der Waals surface area contributed by atoms with Crippen LogP contribution in [0, 0.1) is 0 Å². The van der Waals surface area contributed by atoms with E-state index < -0.39 is 23.5 Å². The first-order valence-corrected chi connectivity index (χ1v) is 16.2. The van der Waals surface area contributed by atoms with Crippen molar-refractivity contribution in [2.45, 2.75) is 50.6 Å². The normalized spacial score (nSPS) is 16.1. The van der Waals surface area contributed by atoms with E-state index in [-0.39, 0.29) is 30.2 Å². The molecule has 0 unspecified atom stereocenters. The van der Waals surface area contributed by atoms with E-state index >= 15 is 0 Å².